The van der Waals surface area contributed by atoms with Crippen molar-refractivity contribution in [3.8, 4) is 0 Å². The zero-order valence-corrected chi connectivity index (χ0v) is 14.7. The van der Waals surface area contributed by atoms with Gasteiger partial charge in [-0.05, 0) is 55.7 Å². The van der Waals surface area contributed by atoms with Crippen molar-refractivity contribution >= 4 is 23.9 Å². The first-order valence-corrected chi connectivity index (χ1v) is 8.22. The predicted octanol–water partition coefficient (Wildman–Crippen LogP) is 2.73. The molecule has 0 amide bonds. The molecule has 2 saturated carbocycles. The zero-order valence-electron chi connectivity index (χ0n) is 13.8. The Bertz CT molecular complexity index is 946. The third-order valence-electron chi connectivity index (χ3n) is 5.50. The smallest absolute Gasteiger partial charge is 0.341 e. The van der Waals surface area contributed by atoms with E-state index < -0.39 is 17.3 Å². The molecule has 4 rings (SSSR count). The fourth-order valence-electron chi connectivity index (χ4n) is 3.87. The number of halogens is 2. The van der Waals surface area contributed by atoms with Crippen LogP contribution in [0.5, 0.6) is 0 Å². The summed E-state index contributed by atoms with van der Waals surface area (Å²) in [6.45, 7) is 2.19. The average molecular weight is 367 g/mol. The van der Waals surface area contributed by atoms with E-state index in [1.807, 2.05) is 6.92 Å². The Balaban J connectivity index is 0.00000182. The number of aromatic nitrogens is 1. The van der Waals surface area contributed by atoms with Crippen LogP contribution in [-0.2, 0) is 5.41 Å². The van der Waals surface area contributed by atoms with Crippen LogP contribution in [-0.4, -0.2) is 22.0 Å². The van der Waals surface area contributed by atoms with Gasteiger partial charge in [0, 0.05) is 23.7 Å². The Morgan fingerprint density at radius 2 is 2.08 bits per heavy atom. The summed E-state index contributed by atoms with van der Waals surface area (Å²) >= 11 is 0. The number of fused-ring (bicyclic) bond motifs is 1. The van der Waals surface area contributed by atoms with Crippen LogP contribution in [0.25, 0.3) is 5.52 Å². The summed E-state index contributed by atoms with van der Waals surface area (Å²) in [5, 5.41) is 9.30. The number of pyridine rings is 2. The van der Waals surface area contributed by atoms with Crippen LogP contribution in [0.3, 0.4) is 0 Å². The van der Waals surface area contributed by atoms with E-state index >= 15 is 0 Å². The van der Waals surface area contributed by atoms with E-state index in [0.29, 0.717) is 23.2 Å². The highest BCUT2D eigenvalue weighted by Crippen LogP contribution is 2.51. The molecule has 2 fully saturated rings. The van der Waals surface area contributed by atoms with Gasteiger partial charge in [-0.25, -0.2) is 9.18 Å². The Labute approximate surface area is 150 Å². The average Bonchev–Trinajstić information content (AvgIpc) is 3.42. The molecule has 0 radical (unpaired) electrons. The minimum Gasteiger partial charge on any atom is -0.477 e. The molecule has 134 valence electrons. The number of carbonyl (C=O) groups is 1. The van der Waals surface area contributed by atoms with Crippen molar-refractivity contribution in [1.29, 1.82) is 0 Å². The van der Waals surface area contributed by atoms with Gasteiger partial charge in [-0.3, -0.25) is 9.20 Å². The second kappa shape index (κ2) is 5.81. The van der Waals surface area contributed by atoms with Gasteiger partial charge in [-0.2, -0.15) is 0 Å². The zero-order chi connectivity index (χ0) is 17.2. The Hall–Kier alpha value is -1.92. The fraction of sp³-hybridized carbons (Fsp3) is 0.444. The first kappa shape index (κ1) is 17.9. The molecule has 7 heteroatoms. The molecule has 2 aliphatic carbocycles. The van der Waals surface area contributed by atoms with Crippen LogP contribution in [0.4, 0.5) is 4.39 Å². The van der Waals surface area contributed by atoms with Crippen molar-refractivity contribution in [1.82, 2.24) is 4.40 Å². The second-order valence-corrected chi connectivity index (χ2v) is 7.08. The Kier molecular flexibility index (Phi) is 4.16. The van der Waals surface area contributed by atoms with Gasteiger partial charge >= 0.3 is 5.97 Å². The van der Waals surface area contributed by atoms with E-state index in [4.69, 9.17) is 5.73 Å². The normalized spacial score (nSPS) is 18.0. The van der Waals surface area contributed by atoms with Crippen LogP contribution >= 0.6 is 12.4 Å². The number of aryl methyl sites for hydroxylation is 1. The van der Waals surface area contributed by atoms with Crippen molar-refractivity contribution in [3.05, 3.63) is 50.7 Å². The number of hydrogen-bond acceptors (Lipinski definition) is 3. The summed E-state index contributed by atoms with van der Waals surface area (Å²) < 4.78 is 16.0. The molecule has 2 aromatic rings. The highest BCUT2D eigenvalue weighted by Gasteiger charge is 2.46. The van der Waals surface area contributed by atoms with Crippen molar-refractivity contribution in [2.45, 2.75) is 43.9 Å². The number of aromatic carboxylic acids is 1. The first-order valence-electron chi connectivity index (χ1n) is 8.22. The number of carboxylic acids is 1. The van der Waals surface area contributed by atoms with Crippen molar-refractivity contribution in [2.24, 2.45) is 5.73 Å². The van der Waals surface area contributed by atoms with Gasteiger partial charge in [0.25, 0.3) is 5.56 Å². The van der Waals surface area contributed by atoms with E-state index in [0.717, 1.165) is 37.4 Å². The van der Waals surface area contributed by atoms with Crippen LogP contribution in [0, 0.1) is 12.7 Å². The third kappa shape index (κ3) is 2.55. The van der Waals surface area contributed by atoms with Crippen molar-refractivity contribution in [3.63, 3.8) is 0 Å². The third-order valence-corrected chi connectivity index (χ3v) is 5.50. The summed E-state index contributed by atoms with van der Waals surface area (Å²) in [6, 6.07) is 1.48. The fourth-order valence-corrected chi connectivity index (χ4v) is 3.87. The minimum atomic E-state index is -1.28. The highest BCUT2D eigenvalue weighted by molar-refractivity contribution is 5.88. The number of carboxylic acid groups (broad SMARTS) is 1. The van der Waals surface area contributed by atoms with Crippen molar-refractivity contribution < 1.29 is 14.3 Å². The maximum Gasteiger partial charge on any atom is 0.341 e. The summed E-state index contributed by atoms with van der Waals surface area (Å²) in [5.41, 5.74) is 7.34. The molecule has 0 unspecified atom stereocenters. The standard InChI is InChI=1S/C18H19FN2O3.ClH/c1-9-14(18(8-20)4-5-18)13(19)7-21-15(9)11(10-2-3-10)6-12(16(21)22)17(23)24;/h6-7,10H,2-5,8,20H2,1H3,(H,23,24);1H. The summed E-state index contributed by atoms with van der Waals surface area (Å²) in [5.74, 6) is -1.52. The molecular formula is C18H20ClFN2O3. The second-order valence-electron chi connectivity index (χ2n) is 7.08. The van der Waals surface area contributed by atoms with Gasteiger partial charge < -0.3 is 10.8 Å². The quantitative estimate of drug-likeness (QED) is 0.871. The van der Waals surface area contributed by atoms with Gasteiger partial charge in [0.2, 0.25) is 0 Å². The molecular weight excluding hydrogens is 347 g/mol. The van der Waals surface area contributed by atoms with Gasteiger partial charge in [0.05, 0.1) is 5.52 Å². The van der Waals surface area contributed by atoms with Gasteiger partial charge in [0.1, 0.15) is 11.4 Å². The number of nitrogens with zero attached hydrogens (tertiary/aromatic N) is 1. The maximum absolute atomic E-state index is 14.8. The SMILES string of the molecule is Cc1c(C2(CN)CC2)c(F)cn2c(=O)c(C(=O)O)cc(C3CC3)c12.Cl. The van der Waals surface area contributed by atoms with Gasteiger partial charge in [0.15, 0.2) is 0 Å². The molecule has 2 aromatic heterocycles. The van der Waals surface area contributed by atoms with E-state index in [2.05, 4.69) is 0 Å². The lowest BCUT2D eigenvalue weighted by atomic mass is 9.90. The van der Waals surface area contributed by atoms with E-state index in [1.54, 1.807) is 0 Å². The van der Waals surface area contributed by atoms with Gasteiger partial charge in [-0.1, -0.05) is 0 Å². The number of hydrogen-bond donors (Lipinski definition) is 2. The molecule has 0 spiro atoms. The van der Waals surface area contributed by atoms with Gasteiger partial charge in [-0.15, -0.1) is 12.4 Å². The first-order chi connectivity index (χ1) is 11.4. The molecule has 0 saturated heterocycles. The lowest BCUT2D eigenvalue weighted by molar-refractivity contribution is 0.0694. The monoisotopic (exact) mass is 366 g/mol. The molecule has 2 aliphatic rings. The summed E-state index contributed by atoms with van der Waals surface area (Å²) in [4.78, 5) is 23.9. The molecule has 2 heterocycles. The molecule has 0 bridgehead atoms. The number of nitrogens with two attached hydrogens (primary N) is 1. The highest BCUT2D eigenvalue weighted by atomic mass is 35.5. The van der Waals surface area contributed by atoms with Crippen molar-refractivity contribution in [2.75, 3.05) is 6.54 Å². The van der Waals surface area contributed by atoms with E-state index in [9.17, 15) is 19.1 Å². The Morgan fingerprint density at radius 3 is 2.56 bits per heavy atom. The lowest BCUT2D eigenvalue weighted by Crippen LogP contribution is -2.27. The predicted molar refractivity (Wildman–Crippen MR) is 94.5 cm³/mol. The molecule has 3 N–H and O–H groups in total. The molecule has 0 atom stereocenters. The molecule has 0 aliphatic heterocycles. The molecule has 5 nitrogen and oxygen atoms in total. The van der Waals surface area contributed by atoms with Crippen LogP contribution < -0.4 is 11.3 Å². The van der Waals surface area contributed by atoms with E-state index in [1.165, 1.54) is 10.5 Å². The van der Waals surface area contributed by atoms with Crippen LogP contribution in [0.15, 0.2) is 17.1 Å². The number of rotatable bonds is 4. The largest absolute Gasteiger partial charge is 0.477 e. The maximum atomic E-state index is 14.8. The van der Waals surface area contributed by atoms with E-state index in [-0.39, 0.29) is 29.3 Å². The summed E-state index contributed by atoms with van der Waals surface area (Å²) in [7, 11) is 0. The molecule has 0 aromatic carbocycles. The summed E-state index contributed by atoms with van der Waals surface area (Å²) in [6.07, 6.45) is 4.75. The Morgan fingerprint density at radius 1 is 1.44 bits per heavy atom. The lowest BCUT2D eigenvalue weighted by Gasteiger charge is -2.21. The molecule has 25 heavy (non-hydrogen) atoms. The van der Waals surface area contributed by atoms with Crippen LogP contribution in [0.2, 0.25) is 0 Å². The van der Waals surface area contributed by atoms with Crippen LogP contribution in [0.1, 0.15) is 58.6 Å². The minimum absolute atomic E-state index is 0. The topological polar surface area (TPSA) is 84.8 Å².